The van der Waals surface area contributed by atoms with Crippen LogP contribution in [0.3, 0.4) is 0 Å². The van der Waals surface area contributed by atoms with E-state index >= 15 is 0 Å². The average molecular weight is 541 g/mol. The molecule has 0 atom stereocenters. The predicted octanol–water partition coefficient (Wildman–Crippen LogP) is 6.43. The maximum Gasteiger partial charge on any atom is 0.338 e. The molecule has 0 heterocycles. The minimum absolute atomic E-state index is 0.00353. The van der Waals surface area contributed by atoms with Gasteiger partial charge in [-0.1, -0.05) is 44.5 Å². The van der Waals surface area contributed by atoms with E-state index in [4.69, 9.17) is 18.9 Å². The van der Waals surface area contributed by atoms with Crippen molar-refractivity contribution in [2.24, 2.45) is 0 Å². The molecule has 0 aliphatic rings. The van der Waals surface area contributed by atoms with E-state index in [0.717, 1.165) is 0 Å². The number of carbonyl (C=O) groups excluding carboxylic acids is 4. The second kappa shape index (κ2) is 12.1. The molecule has 3 aromatic rings. The summed E-state index contributed by atoms with van der Waals surface area (Å²) in [5, 5.41) is 1.14. The van der Waals surface area contributed by atoms with Gasteiger partial charge in [0.15, 0.2) is 11.5 Å². The van der Waals surface area contributed by atoms with Gasteiger partial charge in [-0.3, -0.25) is 0 Å². The molecule has 204 valence electrons. The fraction of sp³-hybridized carbons (Fsp3) is 0.125. The van der Waals surface area contributed by atoms with E-state index in [9.17, 15) is 19.2 Å². The number of hydrogen-bond donors (Lipinski definition) is 0. The van der Waals surface area contributed by atoms with Crippen molar-refractivity contribution in [2.75, 3.05) is 0 Å². The second-order valence-electron chi connectivity index (χ2n) is 9.20. The Balaban J connectivity index is 2.14. The highest BCUT2D eigenvalue weighted by molar-refractivity contribution is 5.98. The van der Waals surface area contributed by atoms with E-state index in [2.05, 4.69) is 26.3 Å². The first-order valence-electron chi connectivity index (χ1n) is 12.0. The number of esters is 4. The summed E-state index contributed by atoms with van der Waals surface area (Å²) in [6, 6.07) is 13.0. The van der Waals surface area contributed by atoms with Crippen molar-refractivity contribution in [3.05, 3.63) is 97.1 Å². The fourth-order valence-corrected chi connectivity index (χ4v) is 3.23. The zero-order chi connectivity index (χ0) is 29.7. The smallest absolute Gasteiger partial charge is 0.338 e. The molecule has 8 nitrogen and oxygen atoms in total. The van der Waals surface area contributed by atoms with Gasteiger partial charge in [-0.2, -0.15) is 0 Å². The molecule has 3 aromatic carbocycles. The highest BCUT2D eigenvalue weighted by atomic mass is 16.6. The van der Waals surface area contributed by atoms with Crippen LogP contribution in [-0.4, -0.2) is 23.9 Å². The Hall–Kier alpha value is -5.24. The first-order chi connectivity index (χ1) is 18.8. The molecule has 40 heavy (non-hydrogen) atoms. The molecule has 0 aliphatic carbocycles. The molecule has 8 heteroatoms. The van der Waals surface area contributed by atoms with Crippen LogP contribution in [0.2, 0.25) is 0 Å². The van der Waals surface area contributed by atoms with Gasteiger partial charge in [-0.15, -0.1) is 0 Å². The molecule has 0 radical (unpaired) electrons. The fourth-order valence-electron chi connectivity index (χ4n) is 3.23. The van der Waals surface area contributed by atoms with Gasteiger partial charge in [0.05, 0.1) is 0 Å². The van der Waals surface area contributed by atoms with E-state index in [0.29, 0.717) is 21.9 Å². The summed E-state index contributed by atoms with van der Waals surface area (Å²) < 4.78 is 21.7. The summed E-state index contributed by atoms with van der Waals surface area (Å²) in [6.07, 6.45) is 0. The number of benzene rings is 3. The number of ether oxygens (including phenoxy) is 4. The second-order valence-corrected chi connectivity index (χ2v) is 9.20. The summed E-state index contributed by atoms with van der Waals surface area (Å²) in [7, 11) is 0. The Bertz CT molecular complexity index is 1620. The molecule has 0 spiro atoms. The lowest BCUT2D eigenvalue weighted by atomic mass is 10.00. The van der Waals surface area contributed by atoms with Crippen LogP contribution in [-0.2, 0) is 19.2 Å². The van der Waals surface area contributed by atoms with Gasteiger partial charge in [-0.25, -0.2) is 19.2 Å². The van der Waals surface area contributed by atoms with Crippen molar-refractivity contribution in [2.45, 2.75) is 27.7 Å². The van der Waals surface area contributed by atoms with Gasteiger partial charge in [0, 0.05) is 33.7 Å². The molecule has 0 saturated heterocycles. The third-order valence-electron chi connectivity index (χ3n) is 5.38. The van der Waals surface area contributed by atoms with Crippen molar-refractivity contribution >= 4 is 34.6 Å². The van der Waals surface area contributed by atoms with Gasteiger partial charge in [0.1, 0.15) is 11.5 Å². The number of hydrogen-bond acceptors (Lipinski definition) is 8. The van der Waals surface area contributed by atoms with Crippen LogP contribution in [0.4, 0.5) is 0 Å². The van der Waals surface area contributed by atoms with E-state index in [1.54, 1.807) is 30.3 Å². The third kappa shape index (κ3) is 6.99. The van der Waals surface area contributed by atoms with Crippen LogP contribution in [0.25, 0.3) is 21.9 Å². The SMILES string of the molecule is C=C(C)C(=O)Oc1cc(OC(=O)C(=C)C)c2cc(-c3ccc(OC(=O)C(=C)C)c(OC(=O)C(=C)C)c3)ccc2c1. The molecule has 0 bridgehead atoms. The summed E-state index contributed by atoms with van der Waals surface area (Å²) in [6.45, 7) is 20.4. The Morgan fingerprint density at radius 3 is 1.50 bits per heavy atom. The van der Waals surface area contributed by atoms with E-state index < -0.39 is 23.9 Å². The zero-order valence-corrected chi connectivity index (χ0v) is 22.7. The highest BCUT2D eigenvalue weighted by Crippen LogP contribution is 2.38. The van der Waals surface area contributed by atoms with Crippen LogP contribution in [0.5, 0.6) is 23.0 Å². The molecule has 0 aliphatic heterocycles. The zero-order valence-electron chi connectivity index (χ0n) is 22.7. The largest absolute Gasteiger partial charge is 0.423 e. The van der Waals surface area contributed by atoms with Crippen molar-refractivity contribution in [3.8, 4) is 34.1 Å². The highest BCUT2D eigenvalue weighted by Gasteiger charge is 2.18. The van der Waals surface area contributed by atoms with Gasteiger partial charge < -0.3 is 18.9 Å². The van der Waals surface area contributed by atoms with Gasteiger partial charge in [0.25, 0.3) is 0 Å². The Morgan fingerprint density at radius 2 is 0.950 bits per heavy atom. The lowest BCUT2D eigenvalue weighted by Gasteiger charge is -2.14. The van der Waals surface area contributed by atoms with Gasteiger partial charge in [0.2, 0.25) is 0 Å². The summed E-state index contributed by atoms with van der Waals surface area (Å²) in [5.74, 6) is -2.35. The first-order valence-corrected chi connectivity index (χ1v) is 12.0. The molecule has 0 fully saturated rings. The van der Waals surface area contributed by atoms with Crippen molar-refractivity contribution in [1.82, 2.24) is 0 Å². The van der Waals surface area contributed by atoms with Crippen LogP contribution in [0.1, 0.15) is 27.7 Å². The third-order valence-corrected chi connectivity index (χ3v) is 5.38. The van der Waals surface area contributed by atoms with Crippen molar-refractivity contribution in [1.29, 1.82) is 0 Å². The van der Waals surface area contributed by atoms with E-state index in [1.807, 2.05) is 0 Å². The Morgan fingerprint density at radius 1 is 0.500 bits per heavy atom. The molecule has 0 N–H and O–H groups in total. The number of rotatable bonds is 9. The van der Waals surface area contributed by atoms with Crippen LogP contribution >= 0.6 is 0 Å². The minimum Gasteiger partial charge on any atom is -0.423 e. The normalized spacial score (nSPS) is 10.3. The molecular formula is C32H28O8. The molecule has 3 rings (SSSR count). The first kappa shape index (κ1) is 29.3. The lowest BCUT2D eigenvalue weighted by molar-refractivity contribution is -0.132. The topological polar surface area (TPSA) is 105 Å². The monoisotopic (exact) mass is 540 g/mol. The Kier molecular flexibility index (Phi) is 8.86. The summed E-state index contributed by atoms with van der Waals surface area (Å²) in [4.78, 5) is 48.9. The lowest BCUT2D eigenvalue weighted by Crippen LogP contribution is -2.12. The quantitative estimate of drug-likeness (QED) is 0.174. The summed E-state index contributed by atoms with van der Waals surface area (Å²) >= 11 is 0. The van der Waals surface area contributed by atoms with E-state index in [1.165, 1.54) is 45.9 Å². The summed E-state index contributed by atoms with van der Waals surface area (Å²) in [5.41, 5.74) is 1.95. The van der Waals surface area contributed by atoms with Gasteiger partial charge in [-0.05, 0) is 68.5 Å². The minimum atomic E-state index is -0.700. The van der Waals surface area contributed by atoms with Crippen molar-refractivity contribution < 1.29 is 38.1 Å². The molecule has 0 aromatic heterocycles. The maximum atomic E-state index is 12.4. The van der Waals surface area contributed by atoms with Crippen molar-refractivity contribution in [3.63, 3.8) is 0 Å². The van der Waals surface area contributed by atoms with Crippen LogP contribution in [0, 0.1) is 0 Å². The average Bonchev–Trinajstić information content (AvgIpc) is 2.89. The number of carbonyl (C=O) groups is 4. The van der Waals surface area contributed by atoms with Gasteiger partial charge >= 0.3 is 23.9 Å². The standard InChI is InChI=1S/C32H28O8/c1-17(2)29(33)37-24-13-23-10-9-21(14-25(23)27(16-24)39-31(35)19(5)6)22-11-12-26(38-30(34)18(3)4)28(15-22)40-32(36)20(7)8/h9-16H,1,3,5,7H2,2,4,6,8H3. The molecule has 0 saturated carbocycles. The maximum absolute atomic E-state index is 12.4. The Labute approximate surface area is 231 Å². The van der Waals surface area contributed by atoms with Crippen LogP contribution < -0.4 is 18.9 Å². The molecule has 0 unspecified atom stereocenters. The number of fused-ring (bicyclic) bond motifs is 1. The molecule has 0 amide bonds. The molecular weight excluding hydrogens is 512 g/mol. The van der Waals surface area contributed by atoms with E-state index in [-0.39, 0.29) is 45.3 Å². The predicted molar refractivity (Wildman–Crippen MR) is 151 cm³/mol. The van der Waals surface area contributed by atoms with Crippen LogP contribution in [0.15, 0.2) is 97.1 Å².